The van der Waals surface area contributed by atoms with E-state index in [1.807, 2.05) is 82.5 Å². The van der Waals surface area contributed by atoms with Crippen LogP contribution in [0.1, 0.15) is 90.1 Å². The molecule has 0 spiro atoms. The number of alkyl carbamates (subject to hydrolysis) is 1. The Hall–Kier alpha value is -3.53. The molecule has 0 bridgehead atoms. The second-order valence-electron chi connectivity index (χ2n) is 13.8. The Morgan fingerprint density at radius 1 is 0.826 bits per heavy atom. The topological polar surface area (TPSA) is 114 Å². The van der Waals surface area contributed by atoms with Gasteiger partial charge in [0.15, 0.2) is 0 Å². The molecule has 0 saturated heterocycles. The zero-order valence-electron chi connectivity index (χ0n) is 29.4. The molecule has 0 saturated carbocycles. The van der Waals surface area contributed by atoms with Gasteiger partial charge >= 0.3 is 12.1 Å². The third-order valence-electron chi connectivity index (χ3n) is 7.17. The average molecular weight is 656 g/mol. The third-order valence-corrected chi connectivity index (χ3v) is 7.81. The van der Waals surface area contributed by atoms with E-state index >= 15 is 0 Å². The molecule has 2 N–H and O–H groups in total. The molecule has 0 heterocycles. The fourth-order valence-electron chi connectivity index (χ4n) is 4.96. The van der Waals surface area contributed by atoms with Crippen molar-refractivity contribution in [2.24, 2.45) is 0 Å². The van der Waals surface area contributed by atoms with Crippen molar-refractivity contribution < 1.29 is 28.7 Å². The molecule has 46 heavy (non-hydrogen) atoms. The fourth-order valence-corrected chi connectivity index (χ4v) is 5.43. The summed E-state index contributed by atoms with van der Waals surface area (Å²) in [6.45, 7) is 18.1. The molecule has 3 unspecified atom stereocenters. The predicted molar refractivity (Wildman–Crippen MR) is 185 cm³/mol. The molecule has 10 heteroatoms. The van der Waals surface area contributed by atoms with E-state index in [1.165, 1.54) is 4.90 Å². The highest BCUT2D eigenvalue weighted by Crippen LogP contribution is 2.30. The second kappa shape index (κ2) is 16.9. The number of rotatable bonds is 13. The van der Waals surface area contributed by atoms with Gasteiger partial charge in [-0.2, -0.15) is 11.8 Å². The molecule has 0 fully saturated rings. The Morgan fingerprint density at radius 2 is 1.43 bits per heavy atom. The molecule has 3 atom stereocenters. The number of ether oxygens (including phenoxy) is 2. The molecule has 0 aliphatic heterocycles. The first-order valence-electron chi connectivity index (χ1n) is 15.8. The van der Waals surface area contributed by atoms with E-state index in [4.69, 9.17) is 9.47 Å². The van der Waals surface area contributed by atoms with Crippen LogP contribution in [0, 0.1) is 13.8 Å². The van der Waals surface area contributed by atoms with Gasteiger partial charge < -0.3 is 25.0 Å². The quantitative estimate of drug-likeness (QED) is 0.244. The van der Waals surface area contributed by atoms with Gasteiger partial charge in [-0.1, -0.05) is 48.5 Å². The maximum absolute atomic E-state index is 14.5. The summed E-state index contributed by atoms with van der Waals surface area (Å²) in [5.74, 6) is -0.927. The summed E-state index contributed by atoms with van der Waals surface area (Å²) in [6.07, 6.45) is 1.74. The molecule has 254 valence electrons. The van der Waals surface area contributed by atoms with E-state index in [-0.39, 0.29) is 6.42 Å². The number of esters is 1. The van der Waals surface area contributed by atoms with Gasteiger partial charge in [0.05, 0.1) is 0 Å². The highest BCUT2D eigenvalue weighted by atomic mass is 32.2. The molecule has 3 amide bonds. The summed E-state index contributed by atoms with van der Waals surface area (Å²) in [4.78, 5) is 56.9. The summed E-state index contributed by atoms with van der Waals surface area (Å²) in [5.41, 5.74) is 1.73. The van der Waals surface area contributed by atoms with Crippen molar-refractivity contribution in [2.45, 2.75) is 117 Å². The molecule has 0 radical (unpaired) electrons. The van der Waals surface area contributed by atoms with Gasteiger partial charge in [-0.25, -0.2) is 9.59 Å². The highest BCUT2D eigenvalue weighted by Gasteiger charge is 2.40. The molecule has 9 nitrogen and oxygen atoms in total. The maximum atomic E-state index is 14.5. The SMILES string of the molecule is CSCCC(NC(=O)OC(C)(C)C)C(=O)N(C(C)C)C(C(=O)NC(Cc1ccccc1)C(=O)OC(C)(C)C)c1cccc(C)c1C. The van der Waals surface area contributed by atoms with Crippen molar-refractivity contribution >= 4 is 35.6 Å². The average Bonchev–Trinajstić information content (AvgIpc) is 2.93. The van der Waals surface area contributed by atoms with Gasteiger partial charge in [0.1, 0.15) is 29.3 Å². The molecule has 0 aliphatic rings. The Balaban J connectivity index is 2.64. The molecule has 0 aliphatic carbocycles. The fraction of sp³-hybridized carbons (Fsp3) is 0.556. The van der Waals surface area contributed by atoms with Crippen LogP contribution in [0.25, 0.3) is 0 Å². The molecule has 0 aromatic heterocycles. The Labute approximate surface area is 279 Å². The smallest absolute Gasteiger partial charge is 0.408 e. The van der Waals surface area contributed by atoms with E-state index in [1.54, 1.807) is 53.3 Å². The summed E-state index contributed by atoms with van der Waals surface area (Å²) >= 11 is 1.55. The lowest BCUT2D eigenvalue weighted by Crippen LogP contribution is -2.57. The van der Waals surface area contributed by atoms with Crippen LogP contribution in [-0.2, 0) is 30.3 Å². The van der Waals surface area contributed by atoms with Crippen molar-refractivity contribution in [3.63, 3.8) is 0 Å². The minimum atomic E-state index is -1.11. The standard InChI is InChI=1S/C36H53N3O6S/c1-23(2)39(32(41)28(20-21-46-11)38-34(43)45-36(8,9)10)30(27-19-15-16-24(3)25(27)4)31(40)37-29(33(42)44-35(5,6)7)22-26-17-13-12-14-18-26/h12-19,23,28-30H,20-22H2,1-11H3,(H,37,40)(H,38,43). The van der Waals surface area contributed by atoms with E-state index in [2.05, 4.69) is 10.6 Å². The highest BCUT2D eigenvalue weighted by molar-refractivity contribution is 7.98. The van der Waals surface area contributed by atoms with E-state index < -0.39 is 59.2 Å². The summed E-state index contributed by atoms with van der Waals surface area (Å²) in [7, 11) is 0. The van der Waals surface area contributed by atoms with Crippen molar-refractivity contribution in [3.8, 4) is 0 Å². The number of carbonyl (C=O) groups is 4. The predicted octanol–water partition coefficient (Wildman–Crippen LogP) is 6.30. The van der Waals surface area contributed by atoms with Gasteiger partial charge in [0.25, 0.3) is 0 Å². The number of amides is 3. The van der Waals surface area contributed by atoms with Gasteiger partial charge in [-0.05, 0) is 110 Å². The number of hydrogen-bond acceptors (Lipinski definition) is 7. The van der Waals surface area contributed by atoms with E-state index in [0.717, 1.165) is 16.7 Å². The first kappa shape index (κ1) is 38.7. The zero-order valence-corrected chi connectivity index (χ0v) is 30.2. The van der Waals surface area contributed by atoms with E-state index in [9.17, 15) is 19.2 Å². The molecular formula is C36H53N3O6S. The van der Waals surface area contributed by atoms with Crippen LogP contribution >= 0.6 is 11.8 Å². The number of thioether (sulfide) groups is 1. The lowest BCUT2D eigenvalue weighted by Gasteiger charge is -2.38. The first-order valence-corrected chi connectivity index (χ1v) is 17.2. The Morgan fingerprint density at radius 3 is 1.98 bits per heavy atom. The van der Waals surface area contributed by atoms with Gasteiger partial charge in [0.2, 0.25) is 11.8 Å². The molecule has 2 aromatic rings. The van der Waals surface area contributed by atoms with Crippen molar-refractivity contribution in [2.75, 3.05) is 12.0 Å². The van der Waals surface area contributed by atoms with Gasteiger partial charge in [-0.15, -0.1) is 0 Å². The minimum absolute atomic E-state index is 0.202. The van der Waals surface area contributed by atoms with Crippen LogP contribution in [0.15, 0.2) is 48.5 Å². The largest absolute Gasteiger partial charge is 0.458 e. The Kier molecular flexibility index (Phi) is 14.2. The number of nitrogens with zero attached hydrogens (tertiary/aromatic N) is 1. The van der Waals surface area contributed by atoms with E-state index in [0.29, 0.717) is 17.7 Å². The first-order chi connectivity index (χ1) is 21.3. The lowest BCUT2D eigenvalue weighted by molar-refractivity contribution is -0.159. The van der Waals surface area contributed by atoms with Crippen LogP contribution in [0.3, 0.4) is 0 Å². The number of nitrogens with one attached hydrogen (secondary N) is 2. The normalized spacial score (nSPS) is 13.7. The van der Waals surface area contributed by atoms with Crippen LogP contribution in [0.2, 0.25) is 0 Å². The van der Waals surface area contributed by atoms with Crippen molar-refractivity contribution in [3.05, 3.63) is 70.8 Å². The number of aryl methyl sites for hydroxylation is 1. The van der Waals surface area contributed by atoms with Crippen LogP contribution in [0.5, 0.6) is 0 Å². The van der Waals surface area contributed by atoms with Crippen molar-refractivity contribution in [1.29, 1.82) is 0 Å². The molecule has 2 aromatic carbocycles. The maximum Gasteiger partial charge on any atom is 0.408 e. The van der Waals surface area contributed by atoms with Crippen LogP contribution in [-0.4, -0.2) is 70.1 Å². The Bertz CT molecular complexity index is 1330. The third kappa shape index (κ3) is 12.0. The van der Waals surface area contributed by atoms with Crippen molar-refractivity contribution in [1.82, 2.24) is 15.5 Å². The van der Waals surface area contributed by atoms with Crippen LogP contribution in [0.4, 0.5) is 4.79 Å². The monoisotopic (exact) mass is 655 g/mol. The zero-order chi connectivity index (χ0) is 34.8. The second-order valence-corrected chi connectivity index (χ2v) is 14.8. The van der Waals surface area contributed by atoms with Gasteiger partial charge in [0, 0.05) is 12.5 Å². The molecule has 2 rings (SSSR count). The molecular weight excluding hydrogens is 602 g/mol. The number of carbonyl (C=O) groups excluding carboxylic acids is 4. The van der Waals surface area contributed by atoms with Crippen LogP contribution < -0.4 is 10.6 Å². The number of benzene rings is 2. The summed E-state index contributed by atoms with van der Waals surface area (Å²) in [6, 6.07) is 11.5. The number of hydrogen-bond donors (Lipinski definition) is 2. The minimum Gasteiger partial charge on any atom is -0.458 e. The summed E-state index contributed by atoms with van der Waals surface area (Å²) < 4.78 is 11.2. The summed E-state index contributed by atoms with van der Waals surface area (Å²) in [5, 5.41) is 5.71. The lowest BCUT2D eigenvalue weighted by atomic mass is 9.93. The van der Waals surface area contributed by atoms with Gasteiger partial charge in [-0.3, -0.25) is 9.59 Å².